The summed E-state index contributed by atoms with van der Waals surface area (Å²) in [5.74, 6) is 0.872. The molecular weight excluding hydrogens is 220 g/mol. The van der Waals surface area contributed by atoms with Crippen LogP contribution >= 0.6 is 11.3 Å². The average molecular weight is 234 g/mol. The van der Waals surface area contributed by atoms with E-state index in [1.807, 2.05) is 25.4 Å². The van der Waals surface area contributed by atoms with Crippen LogP contribution in [0.1, 0.15) is 16.4 Å². The van der Waals surface area contributed by atoms with Gasteiger partial charge in [0.2, 0.25) is 0 Å². The molecule has 4 nitrogen and oxygen atoms in total. The van der Waals surface area contributed by atoms with Crippen molar-refractivity contribution in [2.45, 2.75) is 20.3 Å². The highest BCUT2D eigenvalue weighted by Crippen LogP contribution is 2.09. The third kappa shape index (κ3) is 2.76. The molecule has 2 heterocycles. The molecule has 16 heavy (non-hydrogen) atoms. The molecule has 0 saturated heterocycles. The molecule has 0 aliphatic heterocycles. The first kappa shape index (κ1) is 11.0. The van der Waals surface area contributed by atoms with Gasteiger partial charge < -0.3 is 5.32 Å². The molecule has 2 rings (SSSR count). The Bertz CT molecular complexity index is 453. The second-order valence-electron chi connectivity index (χ2n) is 3.55. The maximum absolute atomic E-state index is 4.40. The fourth-order valence-corrected chi connectivity index (χ4v) is 1.99. The summed E-state index contributed by atoms with van der Waals surface area (Å²) in [7, 11) is 0. The van der Waals surface area contributed by atoms with E-state index in [1.54, 1.807) is 17.5 Å². The fraction of sp³-hybridized carbons (Fsp3) is 0.364. The zero-order valence-corrected chi connectivity index (χ0v) is 10.2. The monoisotopic (exact) mass is 234 g/mol. The summed E-state index contributed by atoms with van der Waals surface area (Å²) in [6.07, 6.45) is 4.53. The maximum Gasteiger partial charge on any atom is 0.147 e. The van der Waals surface area contributed by atoms with Gasteiger partial charge in [-0.1, -0.05) is 0 Å². The van der Waals surface area contributed by atoms with E-state index in [-0.39, 0.29) is 0 Å². The average Bonchev–Trinajstić information content (AvgIpc) is 2.76. The summed E-state index contributed by atoms with van der Waals surface area (Å²) in [5, 5.41) is 6.42. The van der Waals surface area contributed by atoms with E-state index in [1.165, 1.54) is 0 Å². The Labute approximate surface area is 98.8 Å². The van der Waals surface area contributed by atoms with E-state index in [4.69, 9.17) is 0 Å². The number of anilines is 1. The topological polar surface area (TPSA) is 50.7 Å². The van der Waals surface area contributed by atoms with Gasteiger partial charge in [0, 0.05) is 30.7 Å². The van der Waals surface area contributed by atoms with Crippen molar-refractivity contribution < 1.29 is 0 Å². The summed E-state index contributed by atoms with van der Waals surface area (Å²) in [4.78, 5) is 12.9. The minimum Gasteiger partial charge on any atom is -0.368 e. The van der Waals surface area contributed by atoms with E-state index in [0.29, 0.717) is 0 Å². The minimum atomic E-state index is 0.840. The highest BCUT2D eigenvalue weighted by Gasteiger charge is 2.01. The Morgan fingerprint density at radius 3 is 2.94 bits per heavy atom. The van der Waals surface area contributed by atoms with Gasteiger partial charge in [-0.3, -0.25) is 4.98 Å². The molecule has 0 spiro atoms. The summed E-state index contributed by atoms with van der Waals surface area (Å²) < 4.78 is 0. The summed E-state index contributed by atoms with van der Waals surface area (Å²) in [5.41, 5.74) is 1.87. The predicted molar refractivity (Wildman–Crippen MR) is 65.8 cm³/mol. The fourth-order valence-electron chi connectivity index (χ4n) is 1.37. The van der Waals surface area contributed by atoms with Gasteiger partial charge in [-0.15, -0.1) is 11.3 Å². The minimum absolute atomic E-state index is 0.840. The van der Waals surface area contributed by atoms with Gasteiger partial charge in [-0.2, -0.15) is 0 Å². The van der Waals surface area contributed by atoms with Crippen LogP contribution in [0.15, 0.2) is 17.8 Å². The number of nitrogens with one attached hydrogen (secondary N) is 1. The molecule has 0 bridgehead atoms. The molecule has 2 aromatic heterocycles. The van der Waals surface area contributed by atoms with Gasteiger partial charge in [0.25, 0.3) is 0 Å². The molecule has 0 fully saturated rings. The van der Waals surface area contributed by atoms with E-state index < -0.39 is 0 Å². The Balaban J connectivity index is 1.92. The van der Waals surface area contributed by atoms with Crippen LogP contribution in [0.4, 0.5) is 5.82 Å². The highest BCUT2D eigenvalue weighted by atomic mass is 32.1. The molecule has 0 saturated carbocycles. The molecule has 0 atom stereocenters. The molecule has 0 aromatic carbocycles. The second-order valence-corrected chi connectivity index (χ2v) is 4.53. The lowest BCUT2D eigenvalue weighted by atomic mass is 10.4. The van der Waals surface area contributed by atoms with Gasteiger partial charge in [0.05, 0.1) is 16.4 Å². The number of hydrogen-bond acceptors (Lipinski definition) is 5. The Morgan fingerprint density at radius 2 is 2.19 bits per heavy atom. The Morgan fingerprint density at radius 1 is 1.31 bits per heavy atom. The van der Waals surface area contributed by atoms with Crippen molar-refractivity contribution in [1.29, 1.82) is 0 Å². The molecule has 84 valence electrons. The Hall–Kier alpha value is -1.49. The van der Waals surface area contributed by atoms with Gasteiger partial charge in [-0.25, -0.2) is 9.97 Å². The standard InChI is InChI=1S/C11H14N4S/c1-8-7-14-9(2)11(15-8)13-4-3-10-12-5-6-16-10/h5-7H,3-4H2,1-2H3,(H,13,15). The first-order valence-electron chi connectivity index (χ1n) is 5.18. The number of aromatic nitrogens is 3. The zero-order chi connectivity index (χ0) is 11.4. The van der Waals surface area contributed by atoms with Crippen LogP contribution in [0.3, 0.4) is 0 Å². The van der Waals surface area contributed by atoms with E-state index >= 15 is 0 Å². The zero-order valence-electron chi connectivity index (χ0n) is 9.40. The third-order valence-electron chi connectivity index (χ3n) is 2.19. The lowest BCUT2D eigenvalue weighted by Gasteiger charge is -2.07. The number of hydrogen-bond donors (Lipinski definition) is 1. The van der Waals surface area contributed by atoms with Crippen molar-refractivity contribution in [3.8, 4) is 0 Å². The maximum atomic E-state index is 4.40. The van der Waals surface area contributed by atoms with E-state index in [0.717, 1.165) is 35.2 Å². The van der Waals surface area contributed by atoms with Crippen LogP contribution < -0.4 is 5.32 Å². The number of aryl methyl sites for hydroxylation is 2. The van der Waals surface area contributed by atoms with Gasteiger partial charge in [-0.05, 0) is 13.8 Å². The Kier molecular flexibility index (Phi) is 3.46. The highest BCUT2D eigenvalue weighted by molar-refractivity contribution is 7.09. The lowest BCUT2D eigenvalue weighted by molar-refractivity contribution is 0.963. The molecule has 2 aromatic rings. The number of rotatable bonds is 4. The van der Waals surface area contributed by atoms with Crippen molar-refractivity contribution in [3.63, 3.8) is 0 Å². The van der Waals surface area contributed by atoms with Crippen molar-refractivity contribution in [2.75, 3.05) is 11.9 Å². The van der Waals surface area contributed by atoms with Crippen molar-refractivity contribution in [1.82, 2.24) is 15.0 Å². The van der Waals surface area contributed by atoms with Crippen LogP contribution in [-0.4, -0.2) is 21.5 Å². The summed E-state index contributed by atoms with van der Waals surface area (Å²) in [6.45, 7) is 4.74. The molecule has 0 radical (unpaired) electrons. The normalized spacial score (nSPS) is 10.4. The van der Waals surface area contributed by atoms with Crippen LogP contribution in [0.25, 0.3) is 0 Å². The van der Waals surface area contributed by atoms with Crippen molar-refractivity contribution in [3.05, 3.63) is 34.2 Å². The molecule has 0 amide bonds. The van der Waals surface area contributed by atoms with Crippen LogP contribution in [-0.2, 0) is 6.42 Å². The molecule has 0 aliphatic rings. The van der Waals surface area contributed by atoms with E-state index in [9.17, 15) is 0 Å². The summed E-state index contributed by atoms with van der Waals surface area (Å²) >= 11 is 1.68. The van der Waals surface area contributed by atoms with Crippen LogP contribution in [0.2, 0.25) is 0 Å². The third-order valence-corrected chi connectivity index (χ3v) is 3.03. The van der Waals surface area contributed by atoms with Gasteiger partial charge in [0.15, 0.2) is 0 Å². The summed E-state index contributed by atoms with van der Waals surface area (Å²) in [6, 6.07) is 0. The SMILES string of the molecule is Cc1cnc(C)c(NCCc2nccs2)n1. The van der Waals surface area contributed by atoms with E-state index in [2.05, 4.69) is 20.3 Å². The molecule has 5 heteroatoms. The van der Waals surface area contributed by atoms with Gasteiger partial charge >= 0.3 is 0 Å². The smallest absolute Gasteiger partial charge is 0.147 e. The van der Waals surface area contributed by atoms with Crippen LogP contribution in [0, 0.1) is 13.8 Å². The lowest BCUT2D eigenvalue weighted by Crippen LogP contribution is -2.08. The second kappa shape index (κ2) is 5.03. The molecule has 0 aliphatic carbocycles. The first-order chi connectivity index (χ1) is 7.75. The molecule has 0 unspecified atom stereocenters. The first-order valence-corrected chi connectivity index (χ1v) is 6.06. The molecule has 1 N–H and O–H groups in total. The number of thiazole rings is 1. The van der Waals surface area contributed by atoms with Crippen molar-refractivity contribution in [2.24, 2.45) is 0 Å². The van der Waals surface area contributed by atoms with Crippen molar-refractivity contribution >= 4 is 17.2 Å². The predicted octanol–water partition coefficient (Wildman–Crippen LogP) is 2.20. The largest absolute Gasteiger partial charge is 0.368 e. The van der Waals surface area contributed by atoms with Gasteiger partial charge in [0.1, 0.15) is 5.82 Å². The quantitative estimate of drug-likeness (QED) is 0.881. The molecular formula is C11H14N4S. The number of nitrogens with zero attached hydrogens (tertiary/aromatic N) is 3. The van der Waals surface area contributed by atoms with Crippen LogP contribution in [0.5, 0.6) is 0 Å².